The lowest BCUT2D eigenvalue weighted by atomic mass is 9.86. The molecule has 1 saturated carbocycles. The Morgan fingerprint density at radius 1 is 1.03 bits per heavy atom. The zero-order valence-electron chi connectivity index (χ0n) is 19.8. The van der Waals surface area contributed by atoms with Crippen LogP contribution in [0.4, 0.5) is 29.3 Å². The van der Waals surface area contributed by atoms with Crippen molar-refractivity contribution in [1.82, 2.24) is 15.3 Å². The molecule has 34 heavy (non-hydrogen) atoms. The first kappa shape index (κ1) is 24.7. The van der Waals surface area contributed by atoms with E-state index in [1.165, 1.54) is 18.4 Å². The van der Waals surface area contributed by atoms with E-state index in [1.54, 1.807) is 0 Å². The highest BCUT2D eigenvalue weighted by Gasteiger charge is 2.31. The molecule has 0 atom stereocenters. The molecule has 1 aromatic heterocycles. The van der Waals surface area contributed by atoms with Gasteiger partial charge in [-0.05, 0) is 82.0 Å². The van der Waals surface area contributed by atoms with Crippen molar-refractivity contribution in [3.05, 3.63) is 46.4 Å². The van der Waals surface area contributed by atoms with Crippen molar-refractivity contribution in [3.8, 4) is 0 Å². The summed E-state index contributed by atoms with van der Waals surface area (Å²) in [6.07, 6.45) is 3.83. The smallest absolute Gasteiger partial charge is 0.362 e. The van der Waals surface area contributed by atoms with Gasteiger partial charge in [0, 0.05) is 37.8 Å². The fourth-order valence-corrected chi connectivity index (χ4v) is 5.00. The highest BCUT2D eigenvalue weighted by Crippen LogP contribution is 2.32. The third kappa shape index (κ3) is 5.98. The summed E-state index contributed by atoms with van der Waals surface area (Å²) in [7, 11) is 4.04. The van der Waals surface area contributed by atoms with E-state index in [1.807, 2.05) is 14.1 Å². The molecule has 0 saturated heterocycles. The molecule has 5 nitrogen and oxygen atoms in total. The van der Waals surface area contributed by atoms with Gasteiger partial charge >= 0.3 is 6.18 Å². The molecule has 0 spiro atoms. The first-order valence-electron chi connectivity index (χ1n) is 12.1. The van der Waals surface area contributed by atoms with Crippen LogP contribution >= 0.6 is 0 Å². The van der Waals surface area contributed by atoms with Crippen molar-refractivity contribution >= 4 is 11.8 Å². The lowest BCUT2D eigenvalue weighted by Crippen LogP contribution is -2.32. The topological polar surface area (TPSA) is 53.1 Å². The Bertz CT molecular complexity index is 984. The van der Waals surface area contributed by atoms with Crippen LogP contribution in [-0.2, 0) is 25.6 Å². The Morgan fingerprint density at radius 3 is 2.47 bits per heavy atom. The van der Waals surface area contributed by atoms with Crippen LogP contribution in [0.1, 0.15) is 60.9 Å². The number of halogens is 4. The molecule has 2 aliphatic rings. The SMILES string of the molecule is CN(C)c1nc(NC2CCC(CNCc3cc(C(F)(F)F)ccc3F)CC2)nc2c1CCCC2. The number of aryl methyl sites for hydroxylation is 1. The van der Waals surface area contributed by atoms with Crippen molar-refractivity contribution in [2.24, 2.45) is 5.92 Å². The fraction of sp³-hybridized carbons (Fsp3) is 0.600. The third-order valence-corrected chi connectivity index (χ3v) is 6.89. The average molecular weight is 480 g/mol. The van der Waals surface area contributed by atoms with Crippen LogP contribution in [0.15, 0.2) is 18.2 Å². The maximum absolute atomic E-state index is 13.9. The number of nitrogens with zero attached hydrogens (tertiary/aromatic N) is 3. The second-order valence-electron chi connectivity index (χ2n) is 9.69. The average Bonchev–Trinajstić information content (AvgIpc) is 2.80. The van der Waals surface area contributed by atoms with Crippen LogP contribution in [0.5, 0.6) is 0 Å². The zero-order chi connectivity index (χ0) is 24.3. The van der Waals surface area contributed by atoms with Crippen molar-refractivity contribution in [1.29, 1.82) is 0 Å². The second kappa shape index (κ2) is 10.5. The highest BCUT2D eigenvalue weighted by atomic mass is 19.4. The van der Waals surface area contributed by atoms with Gasteiger partial charge < -0.3 is 15.5 Å². The van der Waals surface area contributed by atoms with Crippen LogP contribution in [-0.4, -0.2) is 36.6 Å². The molecule has 0 aliphatic heterocycles. The zero-order valence-corrected chi connectivity index (χ0v) is 19.8. The van der Waals surface area contributed by atoms with Gasteiger partial charge in [-0.15, -0.1) is 0 Å². The van der Waals surface area contributed by atoms with E-state index in [2.05, 4.69) is 15.5 Å². The molecule has 1 aromatic carbocycles. The number of alkyl halides is 3. The molecule has 0 bridgehead atoms. The summed E-state index contributed by atoms with van der Waals surface area (Å²) in [5.41, 5.74) is 1.66. The minimum absolute atomic E-state index is 0.0476. The molecule has 4 rings (SSSR count). The van der Waals surface area contributed by atoms with Crippen molar-refractivity contribution in [2.75, 3.05) is 30.9 Å². The lowest BCUT2D eigenvalue weighted by Gasteiger charge is -2.30. The summed E-state index contributed by atoms with van der Waals surface area (Å²) in [6.45, 7) is 0.743. The number of fused-ring (bicyclic) bond motifs is 1. The molecule has 0 unspecified atom stereocenters. The van der Waals surface area contributed by atoms with E-state index < -0.39 is 17.6 Å². The molecule has 1 fully saturated rings. The van der Waals surface area contributed by atoms with Crippen molar-refractivity contribution in [3.63, 3.8) is 0 Å². The van der Waals surface area contributed by atoms with E-state index >= 15 is 0 Å². The van der Waals surface area contributed by atoms with Gasteiger partial charge in [0.25, 0.3) is 0 Å². The number of benzene rings is 1. The maximum Gasteiger partial charge on any atom is 0.416 e. The predicted molar refractivity (Wildman–Crippen MR) is 125 cm³/mol. The van der Waals surface area contributed by atoms with Gasteiger partial charge in [-0.1, -0.05) is 0 Å². The minimum atomic E-state index is -4.47. The number of rotatable bonds is 7. The quantitative estimate of drug-likeness (QED) is 0.525. The number of nitrogens with one attached hydrogen (secondary N) is 2. The number of hydrogen-bond donors (Lipinski definition) is 2. The Labute approximate surface area is 198 Å². The first-order valence-corrected chi connectivity index (χ1v) is 12.1. The monoisotopic (exact) mass is 479 g/mol. The molecule has 0 radical (unpaired) electrons. The van der Waals surface area contributed by atoms with Crippen molar-refractivity contribution in [2.45, 2.75) is 70.1 Å². The van der Waals surface area contributed by atoms with Gasteiger partial charge in [0.2, 0.25) is 5.95 Å². The summed E-state index contributed by atoms with van der Waals surface area (Å²) >= 11 is 0. The summed E-state index contributed by atoms with van der Waals surface area (Å²) in [6, 6.07) is 2.86. The molecule has 186 valence electrons. The lowest BCUT2D eigenvalue weighted by molar-refractivity contribution is -0.137. The molecular weight excluding hydrogens is 446 g/mol. The van der Waals surface area contributed by atoms with Gasteiger partial charge in [-0.25, -0.2) is 9.37 Å². The van der Waals surface area contributed by atoms with E-state index in [0.717, 1.165) is 68.2 Å². The van der Waals surface area contributed by atoms with E-state index in [-0.39, 0.29) is 12.1 Å². The Kier molecular flexibility index (Phi) is 7.60. The maximum atomic E-state index is 13.9. The molecular formula is C25H33F4N5. The van der Waals surface area contributed by atoms with E-state index in [9.17, 15) is 17.6 Å². The van der Waals surface area contributed by atoms with E-state index in [4.69, 9.17) is 9.97 Å². The van der Waals surface area contributed by atoms with Gasteiger partial charge in [0.1, 0.15) is 11.6 Å². The highest BCUT2D eigenvalue weighted by molar-refractivity contribution is 5.52. The molecule has 1 heterocycles. The first-order chi connectivity index (χ1) is 16.2. The number of anilines is 2. The molecule has 0 amide bonds. The van der Waals surface area contributed by atoms with Gasteiger partial charge in [0.15, 0.2) is 0 Å². The number of hydrogen-bond acceptors (Lipinski definition) is 5. The second-order valence-corrected chi connectivity index (χ2v) is 9.69. The summed E-state index contributed by atoms with van der Waals surface area (Å²) in [5.74, 6) is 1.50. The fourth-order valence-electron chi connectivity index (χ4n) is 5.00. The standard InChI is InChI=1S/C25H33F4N5/c1-34(2)23-20-5-3-4-6-22(20)32-24(33-23)31-19-10-7-16(8-11-19)14-30-15-17-13-18(25(27,28)29)9-12-21(17)26/h9,12-13,16,19,30H,3-8,10-11,14-15H2,1-2H3,(H,31,32,33). The van der Waals surface area contributed by atoms with Crippen LogP contribution < -0.4 is 15.5 Å². The van der Waals surface area contributed by atoms with Gasteiger partial charge in [-0.2, -0.15) is 18.2 Å². The van der Waals surface area contributed by atoms with Crippen LogP contribution in [0, 0.1) is 11.7 Å². The van der Waals surface area contributed by atoms with Crippen molar-refractivity contribution < 1.29 is 17.6 Å². The molecule has 2 N–H and O–H groups in total. The largest absolute Gasteiger partial charge is 0.416 e. The molecule has 2 aromatic rings. The van der Waals surface area contributed by atoms with Crippen LogP contribution in [0.2, 0.25) is 0 Å². The Morgan fingerprint density at radius 2 is 1.76 bits per heavy atom. The molecule has 2 aliphatic carbocycles. The number of aromatic nitrogens is 2. The third-order valence-electron chi connectivity index (χ3n) is 6.89. The Balaban J connectivity index is 1.27. The van der Waals surface area contributed by atoms with Crippen LogP contribution in [0.25, 0.3) is 0 Å². The minimum Gasteiger partial charge on any atom is -0.362 e. The Hall–Kier alpha value is -2.42. The van der Waals surface area contributed by atoms with Crippen LogP contribution in [0.3, 0.4) is 0 Å². The summed E-state index contributed by atoms with van der Waals surface area (Å²) in [4.78, 5) is 11.7. The summed E-state index contributed by atoms with van der Waals surface area (Å²) < 4.78 is 52.6. The van der Waals surface area contributed by atoms with E-state index in [0.29, 0.717) is 24.5 Å². The molecule has 9 heteroatoms. The predicted octanol–water partition coefficient (Wildman–Crippen LogP) is 5.34. The van der Waals surface area contributed by atoms with Gasteiger partial charge in [-0.3, -0.25) is 0 Å². The van der Waals surface area contributed by atoms with Gasteiger partial charge in [0.05, 0.1) is 11.3 Å². The normalized spacial score (nSPS) is 20.6. The summed E-state index contributed by atoms with van der Waals surface area (Å²) in [5, 5.41) is 6.68.